The molecule has 1 aliphatic carbocycles. The van der Waals surface area contributed by atoms with Crippen molar-refractivity contribution in [2.24, 2.45) is 0 Å². The van der Waals surface area contributed by atoms with Gasteiger partial charge in [0, 0.05) is 42.7 Å². The first-order valence-corrected chi connectivity index (χ1v) is 17.3. The van der Waals surface area contributed by atoms with Crippen LogP contribution < -0.4 is 14.2 Å². The number of aliphatic carboxylic acids is 1. The van der Waals surface area contributed by atoms with E-state index >= 15 is 0 Å². The van der Waals surface area contributed by atoms with Crippen LogP contribution in [0.1, 0.15) is 39.9 Å². The Morgan fingerprint density at radius 1 is 0.661 bits per heavy atom. The van der Waals surface area contributed by atoms with Gasteiger partial charge in [-0.15, -0.1) is 0 Å². The third-order valence-corrected chi connectivity index (χ3v) is 9.71. The molecule has 19 heteroatoms. The Bertz CT molecular complexity index is 2480. The Morgan fingerprint density at radius 3 is 1.93 bits per heavy atom. The van der Waals surface area contributed by atoms with Crippen molar-refractivity contribution >= 4 is 35.8 Å². The lowest BCUT2D eigenvalue weighted by Gasteiger charge is -2.50. The number of carbonyl (C=O) groups is 4. The van der Waals surface area contributed by atoms with Gasteiger partial charge in [0.1, 0.15) is 28.9 Å². The number of carboxylic acids is 1. The lowest BCUT2D eigenvalue weighted by Crippen LogP contribution is -2.70. The van der Waals surface area contributed by atoms with Crippen LogP contribution in [0.5, 0.6) is 51.7 Å². The van der Waals surface area contributed by atoms with Gasteiger partial charge in [-0.3, -0.25) is 4.79 Å². The van der Waals surface area contributed by atoms with Gasteiger partial charge in [-0.05, 0) is 65.7 Å². The number of benzene rings is 4. The number of phenolic OH excluding ortho intramolecular Hbond substituents is 6. The molecule has 0 saturated heterocycles. The summed E-state index contributed by atoms with van der Waals surface area (Å²) in [6.45, 7) is 0. The highest BCUT2D eigenvalue weighted by atomic mass is 16.8. The van der Waals surface area contributed by atoms with Crippen LogP contribution in [0.25, 0.3) is 12.2 Å². The Hall–Kier alpha value is -7.48. The molecule has 0 spiro atoms. The number of carboxylic acid groups (broad SMARTS) is 1. The Morgan fingerprint density at radius 2 is 1.27 bits per heavy atom. The summed E-state index contributed by atoms with van der Waals surface area (Å²) < 4.78 is 28.6. The van der Waals surface area contributed by atoms with Crippen LogP contribution in [0, 0.1) is 0 Å². The SMILES string of the molecule is O=C(/C=C/c1ccc2c(c1)OC1(O)C(=O)c3c(O)cc(O)cc3OC1(c1ccc(O)c(O)c1)O2)O[C@@H]1C(O)C[C@@](O)(C(=O)O)C[C@H]1OC(=O)/C=C/c1ccc(O)c(O)c1. The molecule has 19 nitrogen and oxygen atoms in total. The standard InChI is InChI=1S/C40H32O19/c41-21-14-26(46)34-30(15-21)59-40(20-5-7-23(43)25(45)13-20)39(54,36(34)50)57-29-12-19(2-8-28(29)58-40)4-10-33(49)56-35-27(47)16-38(53,37(51)52)17-31(35)55-32(48)9-3-18-1-6-22(42)24(44)11-18/h1-15,27,31,35,41-47,53-54H,16-17H2,(H,51,52)/b9-3+,10-4+/t27?,31-,35-,38+,39?,40?/m1/s1. The number of rotatable bonds is 8. The number of hydrogen-bond donors (Lipinski definition) is 10. The predicted octanol–water partition coefficient (Wildman–Crippen LogP) is 2.03. The molecule has 7 rings (SSSR count). The van der Waals surface area contributed by atoms with E-state index in [4.69, 9.17) is 23.7 Å². The van der Waals surface area contributed by atoms with E-state index in [0.29, 0.717) is 0 Å². The number of aliphatic hydroxyl groups is 3. The van der Waals surface area contributed by atoms with Crippen LogP contribution in [-0.4, -0.2) is 104 Å². The molecule has 1 saturated carbocycles. The topological polar surface area (TPSA) is 317 Å². The molecule has 10 N–H and O–H groups in total. The maximum absolute atomic E-state index is 14.0. The Balaban J connectivity index is 1.13. The van der Waals surface area contributed by atoms with Crippen LogP contribution >= 0.6 is 0 Å². The molecule has 0 bridgehead atoms. The lowest BCUT2D eigenvalue weighted by molar-refractivity contribution is -0.316. The summed E-state index contributed by atoms with van der Waals surface area (Å²) in [6.07, 6.45) is -2.71. The van der Waals surface area contributed by atoms with Gasteiger partial charge in [0.25, 0.3) is 5.78 Å². The molecule has 0 aromatic heterocycles. The zero-order valence-electron chi connectivity index (χ0n) is 30.0. The summed E-state index contributed by atoms with van der Waals surface area (Å²) in [4.78, 5) is 51.6. The van der Waals surface area contributed by atoms with E-state index < -0.39 is 118 Å². The number of aliphatic hydroxyl groups excluding tert-OH is 1. The fourth-order valence-corrected chi connectivity index (χ4v) is 6.80. The van der Waals surface area contributed by atoms with E-state index in [-0.39, 0.29) is 28.2 Å². The first-order chi connectivity index (χ1) is 27.8. The highest BCUT2D eigenvalue weighted by molar-refractivity contribution is 6.08. The number of aromatic hydroxyl groups is 6. The molecule has 3 unspecified atom stereocenters. The maximum Gasteiger partial charge on any atom is 0.357 e. The van der Waals surface area contributed by atoms with E-state index in [1.54, 1.807) is 0 Å². The van der Waals surface area contributed by atoms with Gasteiger partial charge in [0.2, 0.25) is 0 Å². The molecule has 6 atom stereocenters. The summed E-state index contributed by atoms with van der Waals surface area (Å²) in [5, 5.41) is 103. The average Bonchev–Trinajstić information content (AvgIpc) is 3.16. The highest BCUT2D eigenvalue weighted by Crippen LogP contribution is 2.55. The number of ketones is 1. The summed E-state index contributed by atoms with van der Waals surface area (Å²) >= 11 is 0. The molecule has 1 fully saturated rings. The van der Waals surface area contributed by atoms with E-state index in [2.05, 4.69) is 0 Å². The van der Waals surface area contributed by atoms with Crippen molar-refractivity contribution in [3.63, 3.8) is 0 Å². The smallest absolute Gasteiger partial charge is 0.357 e. The fraction of sp³-hybridized carbons (Fsp3) is 0.200. The number of hydrogen-bond acceptors (Lipinski definition) is 18. The molecular weight excluding hydrogens is 784 g/mol. The molecule has 59 heavy (non-hydrogen) atoms. The van der Waals surface area contributed by atoms with Crippen molar-refractivity contribution in [3.05, 3.63) is 101 Å². The van der Waals surface area contributed by atoms with Crippen molar-refractivity contribution in [1.29, 1.82) is 0 Å². The van der Waals surface area contributed by atoms with Crippen LogP contribution in [0.3, 0.4) is 0 Å². The third-order valence-electron chi connectivity index (χ3n) is 9.71. The average molecular weight is 817 g/mol. The van der Waals surface area contributed by atoms with Gasteiger partial charge < -0.3 is 74.7 Å². The van der Waals surface area contributed by atoms with Crippen molar-refractivity contribution in [3.8, 4) is 51.7 Å². The van der Waals surface area contributed by atoms with Gasteiger partial charge in [0.15, 0.2) is 46.2 Å². The van der Waals surface area contributed by atoms with Crippen LogP contribution in [0.2, 0.25) is 0 Å². The van der Waals surface area contributed by atoms with Gasteiger partial charge in [0.05, 0.1) is 6.10 Å². The van der Waals surface area contributed by atoms with Gasteiger partial charge >= 0.3 is 29.5 Å². The first kappa shape index (κ1) is 39.7. The fourth-order valence-electron chi connectivity index (χ4n) is 6.80. The second kappa shape index (κ2) is 14.5. The van der Waals surface area contributed by atoms with Crippen LogP contribution in [-0.2, 0) is 29.6 Å². The van der Waals surface area contributed by atoms with E-state index in [0.717, 1.165) is 54.6 Å². The summed E-state index contributed by atoms with van der Waals surface area (Å²) in [6, 6.07) is 12.4. The second-order valence-electron chi connectivity index (χ2n) is 13.7. The third kappa shape index (κ3) is 7.09. The molecule has 306 valence electrons. The number of esters is 2. The van der Waals surface area contributed by atoms with Crippen molar-refractivity contribution in [2.45, 2.75) is 48.3 Å². The first-order valence-electron chi connectivity index (χ1n) is 17.3. The zero-order valence-corrected chi connectivity index (χ0v) is 30.0. The van der Waals surface area contributed by atoms with Crippen molar-refractivity contribution in [1.82, 2.24) is 0 Å². The van der Waals surface area contributed by atoms with Gasteiger partial charge in [-0.25, -0.2) is 14.4 Å². The van der Waals surface area contributed by atoms with Crippen LogP contribution in [0.15, 0.2) is 78.9 Å². The number of fused-ring (bicyclic) bond motifs is 3. The highest BCUT2D eigenvalue weighted by Gasteiger charge is 2.71. The molecule has 4 aromatic rings. The van der Waals surface area contributed by atoms with Gasteiger partial charge in [-0.1, -0.05) is 12.1 Å². The largest absolute Gasteiger partial charge is 0.508 e. The quantitative estimate of drug-likeness (QED) is 0.0691. The molecule has 0 radical (unpaired) electrons. The molecule has 4 aromatic carbocycles. The number of ether oxygens (including phenoxy) is 5. The molecule has 0 amide bonds. The monoisotopic (exact) mass is 816 g/mol. The van der Waals surface area contributed by atoms with Crippen LogP contribution in [0.4, 0.5) is 0 Å². The van der Waals surface area contributed by atoms with Crippen molar-refractivity contribution in [2.75, 3.05) is 0 Å². The summed E-state index contributed by atoms with van der Waals surface area (Å²) in [7, 11) is 0. The zero-order chi connectivity index (χ0) is 42.6. The van der Waals surface area contributed by atoms with Crippen molar-refractivity contribution < 1.29 is 93.9 Å². The van der Waals surface area contributed by atoms with E-state index in [9.17, 15) is 70.2 Å². The molecular formula is C40H32O19. The molecule has 2 heterocycles. The number of carbonyl (C=O) groups excluding carboxylic acids is 3. The number of Topliss-reactive ketones (excluding diaryl/α,β-unsaturated/α-hetero) is 1. The Labute approximate surface area is 330 Å². The number of phenols is 6. The molecule has 2 aliphatic heterocycles. The summed E-state index contributed by atoms with van der Waals surface area (Å²) in [5.74, 6) is -15.5. The minimum Gasteiger partial charge on any atom is -0.508 e. The molecule has 3 aliphatic rings. The van der Waals surface area contributed by atoms with Gasteiger partial charge in [-0.2, -0.15) is 0 Å². The maximum atomic E-state index is 14.0. The normalized spacial score (nSPS) is 25.7. The summed E-state index contributed by atoms with van der Waals surface area (Å²) in [5.41, 5.74) is -3.01. The predicted molar refractivity (Wildman–Crippen MR) is 194 cm³/mol. The van der Waals surface area contributed by atoms with E-state index in [1.807, 2.05) is 0 Å². The minimum atomic E-state index is -3.16. The lowest BCUT2D eigenvalue weighted by atomic mass is 9.79. The second-order valence-corrected chi connectivity index (χ2v) is 13.7. The van der Waals surface area contributed by atoms with E-state index in [1.165, 1.54) is 36.4 Å². The minimum absolute atomic E-state index is 0.151. The Kier molecular flexibility index (Phi) is 9.75.